The molecule has 1 N–H and O–H groups in total. The van der Waals surface area contributed by atoms with Crippen LogP contribution in [0.5, 0.6) is 0 Å². The van der Waals surface area contributed by atoms with Gasteiger partial charge in [-0.3, -0.25) is 4.79 Å². The van der Waals surface area contributed by atoms with Crippen LogP contribution < -0.4 is 5.32 Å². The Morgan fingerprint density at radius 2 is 2.10 bits per heavy atom. The van der Waals surface area contributed by atoms with Gasteiger partial charge in [-0.25, -0.2) is 0 Å². The number of aryl methyl sites for hydroxylation is 1. The Kier molecular flexibility index (Phi) is 5.18. The van der Waals surface area contributed by atoms with Crippen LogP contribution in [0.15, 0.2) is 24.3 Å². The fourth-order valence-corrected chi connectivity index (χ4v) is 3.14. The van der Waals surface area contributed by atoms with Gasteiger partial charge in [-0.2, -0.15) is 0 Å². The summed E-state index contributed by atoms with van der Waals surface area (Å²) in [5.74, 6) is 0.758. The summed E-state index contributed by atoms with van der Waals surface area (Å²) in [6.07, 6.45) is 2.18. The number of likely N-dealkylation sites (tertiary alicyclic amines) is 1. The van der Waals surface area contributed by atoms with E-state index in [2.05, 4.69) is 19.2 Å². The van der Waals surface area contributed by atoms with Crippen molar-refractivity contribution in [2.45, 2.75) is 39.7 Å². The van der Waals surface area contributed by atoms with E-state index in [-0.39, 0.29) is 5.91 Å². The molecule has 1 aliphatic heterocycles. The first-order valence-electron chi connectivity index (χ1n) is 7.75. The van der Waals surface area contributed by atoms with E-state index in [1.165, 1.54) is 0 Å². The summed E-state index contributed by atoms with van der Waals surface area (Å²) in [5, 5.41) is 3.56. The highest BCUT2D eigenvalue weighted by molar-refractivity contribution is 5.95. The second kappa shape index (κ2) is 6.89. The first-order chi connectivity index (χ1) is 9.67. The summed E-state index contributed by atoms with van der Waals surface area (Å²) in [4.78, 5) is 14.7. The number of carbonyl (C=O) groups excluding carboxylic acids is 1. The van der Waals surface area contributed by atoms with Crippen molar-refractivity contribution in [3.05, 3.63) is 35.4 Å². The van der Waals surface area contributed by atoms with Gasteiger partial charge < -0.3 is 10.2 Å². The maximum absolute atomic E-state index is 12.7. The zero-order valence-corrected chi connectivity index (χ0v) is 12.9. The largest absolute Gasteiger partial charge is 0.338 e. The molecule has 3 heteroatoms. The number of hydrogen-bond donors (Lipinski definition) is 1. The number of carbonyl (C=O) groups is 1. The van der Waals surface area contributed by atoms with Gasteiger partial charge in [-0.15, -0.1) is 0 Å². The topological polar surface area (TPSA) is 32.3 Å². The Hall–Kier alpha value is -1.35. The van der Waals surface area contributed by atoms with Crippen molar-refractivity contribution in [2.75, 3.05) is 19.6 Å². The predicted molar refractivity (Wildman–Crippen MR) is 82.9 cm³/mol. The van der Waals surface area contributed by atoms with Crippen LogP contribution in [0.2, 0.25) is 0 Å². The van der Waals surface area contributed by atoms with Gasteiger partial charge in [-0.1, -0.05) is 38.5 Å². The van der Waals surface area contributed by atoms with Gasteiger partial charge in [0.2, 0.25) is 0 Å². The molecule has 20 heavy (non-hydrogen) atoms. The zero-order chi connectivity index (χ0) is 14.5. The lowest BCUT2D eigenvalue weighted by Gasteiger charge is -2.39. The smallest absolute Gasteiger partial charge is 0.254 e. The highest BCUT2D eigenvalue weighted by Crippen LogP contribution is 2.22. The first-order valence-corrected chi connectivity index (χ1v) is 7.75. The lowest BCUT2D eigenvalue weighted by Crippen LogP contribution is -2.50. The van der Waals surface area contributed by atoms with E-state index in [4.69, 9.17) is 0 Å². The third kappa shape index (κ3) is 3.21. The van der Waals surface area contributed by atoms with Crippen molar-refractivity contribution in [3.63, 3.8) is 0 Å². The molecule has 1 amide bonds. The number of amides is 1. The third-order valence-corrected chi connectivity index (χ3v) is 4.39. The second-order valence-electron chi connectivity index (χ2n) is 5.69. The minimum absolute atomic E-state index is 0.191. The van der Waals surface area contributed by atoms with Gasteiger partial charge in [0.25, 0.3) is 5.91 Å². The number of piperidine rings is 1. The average molecular weight is 274 g/mol. The van der Waals surface area contributed by atoms with Gasteiger partial charge in [-0.05, 0) is 37.4 Å². The number of hydrogen-bond acceptors (Lipinski definition) is 2. The summed E-state index contributed by atoms with van der Waals surface area (Å²) in [6.45, 7) is 9.12. The van der Waals surface area contributed by atoms with Gasteiger partial charge >= 0.3 is 0 Å². The van der Waals surface area contributed by atoms with Gasteiger partial charge in [0.05, 0.1) is 0 Å². The van der Waals surface area contributed by atoms with E-state index in [1.54, 1.807) is 0 Å². The molecule has 1 aromatic carbocycles. The molecule has 0 aromatic heterocycles. The summed E-state index contributed by atoms with van der Waals surface area (Å²) in [7, 11) is 0. The normalized spacial score (nSPS) is 22.9. The molecule has 3 nitrogen and oxygen atoms in total. The quantitative estimate of drug-likeness (QED) is 0.915. The molecule has 0 radical (unpaired) electrons. The fourth-order valence-electron chi connectivity index (χ4n) is 3.14. The van der Waals surface area contributed by atoms with E-state index in [0.717, 1.165) is 43.6 Å². The highest BCUT2D eigenvalue weighted by atomic mass is 16.2. The Labute approximate surface area is 122 Å². The van der Waals surface area contributed by atoms with Crippen LogP contribution in [-0.2, 0) is 0 Å². The second-order valence-corrected chi connectivity index (χ2v) is 5.69. The molecule has 110 valence electrons. The first kappa shape index (κ1) is 15.0. The van der Waals surface area contributed by atoms with Crippen LogP contribution in [0.1, 0.15) is 42.6 Å². The molecule has 2 unspecified atom stereocenters. The van der Waals surface area contributed by atoms with Crippen LogP contribution >= 0.6 is 0 Å². The van der Waals surface area contributed by atoms with Crippen molar-refractivity contribution in [1.82, 2.24) is 10.2 Å². The Balaban J connectivity index is 2.07. The summed E-state index contributed by atoms with van der Waals surface area (Å²) in [6, 6.07) is 8.44. The highest BCUT2D eigenvalue weighted by Gasteiger charge is 2.30. The van der Waals surface area contributed by atoms with Crippen molar-refractivity contribution >= 4 is 5.91 Å². The van der Waals surface area contributed by atoms with Gasteiger partial charge in [0, 0.05) is 24.7 Å². The minimum Gasteiger partial charge on any atom is -0.338 e. The average Bonchev–Trinajstić information content (AvgIpc) is 2.48. The van der Waals surface area contributed by atoms with Crippen LogP contribution in [0.4, 0.5) is 0 Å². The molecule has 1 aromatic rings. The molecule has 2 atom stereocenters. The Bertz CT molecular complexity index is 458. The molecular weight excluding hydrogens is 248 g/mol. The molecule has 1 heterocycles. The molecule has 0 spiro atoms. The van der Waals surface area contributed by atoms with E-state index in [1.807, 2.05) is 36.1 Å². The van der Waals surface area contributed by atoms with Crippen LogP contribution in [0.3, 0.4) is 0 Å². The minimum atomic E-state index is 0.191. The van der Waals surface area contributed by atoms with Gasteiger partial charge in [0.1, 0.15) is 0 Å². The number of nitrogens with one attached hydrogen (secondary N) is 1. The molecule has 1 saturated heterocycles. The fraction of sp³-hybridized carbons (Fsp3) is 0.588. The molecule has 1 fully saturated rings. The third-order valence-electron chi connectivity index (χ3n) is 4.39. The van der Waals surface area contributed by atoms with E-state index < -0.39 is 0 Å². The lowest BCUT2D eigenvalue weighted by atomic mass is 9.89. The number of benzene rings is 1. The molecule has 1 aliphatic rings. The monoisotopic (exact) mass is 274 g/mol. The van der Waals surface area contributed by atoms with Crippen molar-refractivity contribution < 1.29 is 4.79 Å². The maximum atomic E-state index is 12.7. The lowest BCUT2D eigenvalue weighted by molar-refractivity contribution is 0.0627. The molecule has 0 aliphatic carbocycles. The van der Waals surface area contributed by atoms with E-state index >= 15 is 0 Å². The van der Waals surface area contributed by atoms with E-state index in [0.29, 0.717) is 12.0 Å². The number of nitrogens with zero attached hydrogens (tertiary/aromatic N) is 1. The van der Waals surface area contributed by atoms with Gasteiger partial charge in [0.15, 0.2) is 0 Å². The molecule has 0 saturated carbocycles. The predicted octanol–water partition coefficient (Wildman–Crippen LogP) is 2.85. The van der Waals surface area contributed by atoms with Crippen LogP contribution in [-0.4, -0.2) is 36.5 Å². The van der Waals surface area contributed by atoms with E-state index in [9.17, 15) is 4.79 Å². The van der Waals surface area contributed by atoms with Crippen LogP contribution in [0.25, 0.3) is 0 Å². The summed E-state index contributed by atoms with van der Waals surface area (Å²) in [5.41, 5.74) is 1.92. The Morgan fingerprint density at radius 3 is 2.75 bits per heavy atom. The van der Waals surface area contributed by atoms with Crippen molar-refractivity contribution in [1.29, 1.82) is 0 Å². The van der Waals surface area contributed by atoms with Crippen molar-refractivity contribution in [2.24, 2.45) is 5.92 Å². The standard InChI is InChI=1S/C17H26N2O/c1-4-14-12-19(11-10-16(14)18-5-2)17(20)15-9-7-6-8-13(15)3/h6-9,14,16,18H,4-5,10-12H2,1-3H3. The summed E-state index contributed by atoms with van der Waals surface area (Å²) < 4.78 is 0. The molecule has 0 bridgehead atoms. The molecule has 2 rings (SSSR count). The summed E-state index contributed by atoms with van der Waals surface area (Å²) >= 11 is 0. The SMILES string of the molecule is CCNC1CCN(C(=O)c2ccccc2C)CC1CC. The zero-order valence-electron chi connectivity index (χ0n) is 12.9. The van der Waals surface area contributed by atoms with Crippen LogP contribution in [0, 0.1) is 12.8 Å². The van der Waals surface area contributed by atoms with Crippen molar-refractivity contribution in [3.8, 4) is 0 Å². The Morgan fingerprint density at radius 1 is 1.35 bits per heavy atom. The number of rotatable bonds is 4. The molecular formula is C17H26N2O. The maximum Gasteiger partial charge on any atom is 0.254 e.